The molecule has 0 saturated carbocycles. The van der Waals surface area contributed by atoms with E-state index in [4.69, 9.17) is 5.26 Å². The monoisotopic (exact) mass is 195 g/mol. The molecule has 80 valence electrons. The molecule has 0 aromatic rings. The van der Waals surface area contributed by atoms with Crippen molar-refractivity contribution in [1.82, 2.24) is 10.2 Å². The highest BCUT2D eigenvalue weighted by atomic mass is 15.1. The van der Waals surface area contributed by atoms with Gasteiger partial charge in [-0.05, 0) is 52.4 Å². The molecule has 0 radical (unpaired) electrons. The lowest BCUT2D eigenvalue weighted by atomic mass is 10.1. The quantitative estimate of drug-likeness (QED) is 0.673. The smallest absolute Gasteiger partial charge is 0.0621 e. The van der Waals surface area contributed by atoms with Crippen molar-refractivity contribution in [2.45, 2.75) is 38.1 Å². The first-order chi connectivity index (χ1) is 6.84. The lowest BCUT2D eigenvalue weighted by Gasteiger charge is -2.31. The van der Waals surface area contributed by atoms with E-state index in [0.717, 1.165) is 38.5 Å². The third-order valence-corrected chi connectivity index (χ3v) is 2.98. The lowest BCUT2D eigenvalue weighted by Crippen LogP contribution is -2.41. The predicted molar refractivity (Wildman–Crippen MR) is 58.0 cm³/mol. The summed E-state index contributed by atoms with van der Waals surface area (Å²) in [6, 6.07) is 2.95. The Bertz CT molecular complexity index is 179. The van der Waals surface area contributed by atoms with Gasteiger partial charge in [-0.15, -0.1) is 0 Å². The van der Waals surface area contributed by atoms with Crippen molar-refractivity contribution >= 4 is 0 Å². The van der Waals surface area contributed by atoms with Crippen LogP contribution in [0.15, 0.2) is 0 Å². The highest BCUT2D eigenvalue weighted by molar-refractivity contribution is 4.76. The molecule has 1 N–H and O–H groups in total. The molecule has 3 heteroatoms. The topological polar surface area (TPSA) is 39.1 Å². The van der Waals surface area contributed by atoms with Gasteiger partial charge in [0.2, 0.25) is 0 Å². The molecule has 1 rings (SSSR count). The molecule has 0 aromatic carbocycles. The van der Waals surface area contributed by atoms with E-state index in [9.17, 15) is 0 Å². The van der Waals surface area contributed by atoms with Gasteiger partial charge in [-0.2, -0.15) is 5.26 Å². The molecular formula is C11H21N3. The molecule has 1 aliphatic rings. The van der Waals surface area contributed by atoms with Crippen molar-refractivity contribution in [3.8, 4) is 6.07 Å². The average molecular weight is 195 g/mol. The number of nitrogens with zero attached hydrogens (tertiary/aromatic N) is 2. The lowest BCUT2D eigenvalue weighted by molar-refractivity contribution is 0.196. The van der Waals surface area contributed by atoms with Gasteiger partial charge in [0.1, 0.15) is 0 Å². The van der Waals surface area contributed by atoms with Crippen LogP contribution < -0.4 is 5.32 Å². The summed E-state index contributed by atoms with van der Waals surface area (Å²) in [4.78, 5) is 2.46. The van der Waals surface area contributed by atoms with E-state index in [0.29, 0.717) is 6.42 Å². The van der Waals surface area contributed by atoms with Crippen molar-refractivity contribution in [3.05, 3.63) is 0 Å². The van der Waals surface area contributed by atoms with E-state index in [-0.39, 0.29) is 0 Å². The van der Waals surface area contributed by atoms with Crippen molar-refractivity contribution in [3.63, 3.8) is 0 Å². The summed E-state index contributed by atoms with van der Waals surface area (Å²) in [7, 11) is 2.21. The molecule has 1 heterocycles. The predicted octanol–water partition coefficient (Wildman–Crippen LogP) is 1.36. The van der Waals surface area contributed by atoms with E-state index in [2.05, 4.69) is 23.3 Å². The van der Waals surface area contributed by atoms with Crippen molar-refractivity contribution in [2.24, 2.45) is 0 Å². The molecular weight excluding hydrogens is 174 g/mol. The maximum Gasteiger partial charge on any atom is 0.0621 e. The highest BCUT2D eigenvalue weighted by Crippen LogP contribution is 2.10. The summed E-state index contributed by atoms with van der Waals surface area (Å²) >= 11 is 0. The zero-order chi connectivity index (χ0) is 10.2. The largest absolute Gasteiger partial charge is 0.317 e. The molecule has 14 heavy (non-hydrogen) atoms. The van der Waals surface area contributed by atoms with E-state index in [1.807, 2.05) is 0 Å². The van der Waals surface area contributed by atoms with Gasteiger partial charge in [0.05, 0.1) is 6.07 Å². The Labute approximate surface area is 87.1 Å². The zero-order valence-corrected chi connectivity index (χ0v) is 9.13. The average Bonchev–Trinajstić information content (AvgIpc) is 2.25. The van der Waals surface area contributed by atoms with Crippen molar-refractivity contribution in [2.75, 3.05) is 26.7 Å². The van der Waals surface area contributed by atoms with Gasteiger partial charge < -0.3 is 10.2 Å². The SMILES string of the molecule is CN(CCCCC#N)C1CCNCC1. The van der Waals surface area contributed by atoms with Gasteiger partial charge in [0.25, 0.3) is 0 Å². The molecule has 1 aliphatic heterocycles. The molecule has 3 nitrogen and oxygen atoms in total. The number of unbranched alkanes of at least 4 members (excludes halogenated alkanes) is 2. The van der Waals surface area contributed by atoms with E-state index in [1.54, 1.807) is 0 Å². The molecule has 0 amide bonds. The third-order valence-electron chi connectivity index (χ3n) is 2.98. The maximum atomic E-state index is 8.41. The molecule has 1 saturated heterocycles. The number of hydrogen-bond donors (Lipinski definition) is 1. The Morgan fingerprint density at radius 1 is 1.36 bits per heavy atom. The number of nitrogens with one attached hydrogen (secondary N) is 1. The molecule has 0 aromatic heterocycles. The summed E-state index contributed by atoms with van der Waals surface area (Å²) < 4.78 is 0. The van der Waals surface area contributed by atoms with E-state index in [1.165, 1.54) is 12.8 Å². The van der Waals surface area contributed by atoms with Gasteiger partial charge in [-0.1, -0.05) is 0 Å². The number of rotatable bonds is 5. The fourth-order valence-electron chi connectivity index (χ4n) is 2.00. The second-order valence-electron chi connectivity index (χ2n) is 4.08. The molecule has 0 atom stereocenters. The van der Waals surface area contributed by atoms with Crippen LogP contribution >= 0.6 is 0 Å². The van der Waals surface area contributed by atoms with Gasteiger partial charge in [-0.3, -0.25) is 0 Å². The van der Waals surface area contributed by atoms with E-state index >= 15 is 0 Å². The molecule has 0 spiro atoms. The first kappa shape index (κ1) is 11.5. The maximum absolute atomic E-state index is 8.41. The second kappa shape index (κ2) is 6.80. The Hall–Kier alpha value is -0.590. The van der Waals surface area contributed by atoms with Crippen LogP contribution in [0, 0.1) is 11.3 Å². The first-order valence-electron chi connectivity index (χ1n) is 5.62. The number of nitriles is 1. The second-order valence-corrected chi connectivity index (χ2v) is 4.08. The van der Waals surface area contributed by atoms with Gasteiger partial charge >= 0.3 is 0 Å². The van der Waals surface area contributed by atoms with Gasteiger partial charge in [0, 0.05) is 12.5 Å². The number of hydrogen-bond acceptors (Lipinski definition) is 3. The minimum atomic E-state index is 0.708. The van der Waals surface area contributed by atoms with Crippen LogP contribution in [-0.2, 0) is 0 Å². The summed E-state index contributed by atoms with van der Waals surface area (Å²) in [6.45, 7) is 3.47. The fourth-order valence-corrected chi connectivity index (χ4v) is 2.00. The standard InChI is InChI=1S/C11H21N3/c1-14(10-4-2-3-7-12)11-5-8-13-9-6-11/h11,13H,2-6,8-10H2,1H3. The molecule has 0 aliphatic carbocycles. The van der Waals surface area contributed by atoms with Crippen LogP contribution in [0.3, 0.4) is 0 Å². The Morgan fingerprint density at radius 3 is 2.71 bits per heavy atom. The minimum Gasteiger partial charge on any atom is -0.317 e. The summed E-state index contributed by atoms with van der Waals surface area (Å²) in [5, 5.41) is 11.8. The summed E-state index contributed by atoms with van der Waals surface area (Å²) in [5.41, 5.74) is 0. The highest BCUT2D eigenvalue weighted by Gasteiger charge is 2.16. The normalized spacial score (nSPS) is 18.4. The Balaban J connectivity index is 2.07. The fraction of sp³-hybridized carbons (Fsp3) is 0.909. The molecule has 0 bridgehead atoms. The minimum absolute atomic E-state index is 0.708. The first-order valence-corrected chi connectivity index (χ1v) is 5.62. The van der Waals surface area contributed by atoms with Crippen LogP contribution in [-0.4, -0.2) is 37.6 Å². The van der Waals surface area contributed by atoms with Crippen LogP contribution in [0.5, 0.6) is 0 Å². The number of piperidine rings is 1. The Morgan fingerprint density at radius 2 is 2.07 bits per heavy atom. The van der Waals surface area contributed by atoms with Crippen LogP contribution in [0.2, 0.25) is 0 Å². The van der Waals surface area contributed by atoms with Crippen LogP contribution in [0.25, 0.3) is 0 Å². The van der Waals surface area contributed by atoms with Crippen molar-refractivity contribution in [1.29, 1.82) is 5.26 Å². The summed E-state index contributed by atoms with van der Waals surface area (Å²) in [5.74, 6) is 0. The molecule has 0 unspecified atom stereocenters. The van der Waals surface area contributed by atoms with Crippen LogP contribution in [0.4, 0.5) is 0 Å². The van der Waals surface area contributed by atoms with Crippen molar-refractivity contribution < 1.29 is 0 Å². The van der Waals surface area contributed by atoms with E-state index < -0.39 is 0 Å². The zero-order valence-electron chi connectivity index (χ0n) is 9.13. The van der Waals surface area contributed by atoms with Crippen LogP contribution in [0.1, 0.15) is 32.1 Å². The Kier molecular flexibility index (Phi) is 5.58. The third kappa shape index (κ3) is 4.08. The summed E-state index contributed by atoms with van der Waals surface area (Å²) in [6.07, 6.45) is 5.46. The molecule has 1 fully saturated rings. The van der Waals surface area contributed by atoms with Gasteiger partial charge in [0.15, 0.2) is 0 Å². The van der Waals surface area contributed by atoms with Gasteiger partial charge in [-0.25, -0.2) is 0 Å².